The highest BCUT2D eigenvalue weighted by Gasteiger charge is 2.20. The van der Waals surface area contributed by atoms with Crippen LogP contribution in [0.5, 0.6) is 0 Å². The number of ether oxygens (including phenoxy) is 2. The van der Waals surface area contributed by atoms with Gasteiger partial charge in [0.25, 0.3) is 11.5 Å². The molecule has 0 radical (unpaired) electrons. The zero-order valence-corrected chi connectivity index (χ0v) is 21.6. The third-order valence-corrected chi connectivity index (χ3v) is 6.03. The standard InChI is InChI=1S/C27H27ClN4O5/c1-4-36-15-7-14-31-23-20(26(34)32-13-6-8-17(3)22(32)29-23)16-21(27(35)37-5-2)24(31)30-25(33)18-9-11-19(28)12-10-18/h6,8-13,16H,4-5,7,14-15H2,1-3H3. The molecule has 0 spiro atoms. The van der Waals surface area contributed by atoms with Crippen molar-refractivity contribution >= 4 is 40.2 Å². The molecule has 9 nitrogen and oxygen atoms in total. The Kier molecular flexibility index (Phi) is 8.15. The van der Waals surface area contributed by atoms with Crippen molar-refractivity contribution in [1.29, 1.82) is 0 Å². The first-order valence-electron chi connectivity index (χ1n) is 12.0. The summed E-state index contributed by atoms with van der Waals surface area (Å²) in [5.41, 5.74) is 1.59. The van der Waals surface area contributed by atoms with Crippen LogP contribution in [0.25, 0.3) is 16.7 Å². The van der Waals surface area contributed by atoms with Gasteiger partial charge in [0.2, 0.25) is 0 Å². The summed E-state index contributed by atoms with van der Waals surface area (Å²) in [4.78, 5) is 48.8. The zero-order valence-electron chi connectivity index (χ0n) is 20.9. The van der Waals surface area contributed by atoms with E-state index < -0.39 is 11.9 Å². The molecule has 10 heteroatoms. The average Bonchev–Trinajstić information content (AvgIpc) is 2.88. The summed E-state index contributed by atoms with van der Waals surface area (Å²) >= 11 is 5.97. The van der Waals surface area contributed by atoms with E-state index in [4.69, 9.17) is 26.1 Å². The molecule has 0 unspecified atom stereocenters. The number of carbonyl (C=O) groups is 2. The van der Waals surface area contributed by atoms with Crippen LogP contribution < -0.4 is 11.0 Å². The largest absolute Gasteiger partial charge is 0.462 e. The van der Waals surface area contributed by atoms with Gasteiger partial charge >= 0.3 is 5.97 Å². The predicted octanol–water partition coefficient (Wildman–Crippen LogP) is 3.96. The Morgan fingerprint density at radius 1 is 1.08 bits per heavy atom. The molecular weight excluding hydrogens is 496 g/mol. The van der Waals surface area contributed by atoms with E-state index >= 15 is 0 Å². The number of hydrogen-bond donors (Lipinski definition) is 0. The fraction of sp³-hybridized carbons (Fsp3) is 0.296. The monoisotopic (exact) mass is 522 g/mol. The van der Waals surface area contributed by atoms with Gasteiger partial charge in [-0.25, -0.2) is 9.78 Å². The van der Waals surface area contributed by atoms with Crippen molar-refractivity contribution in [2.24, 2.45) is 4.99 Å². The Labute approximate surface area is 218 Å². The summed E-state index contributed by atoms with van der Waals surface area (Å²) in [6, 6.07) is 11.3. The number of benzene rings is 1. The molecule has 0 atom stereocenters. The lowest BCUT2D eigenvalue weighted by molar-refractivity contribution is 0.0523. The van der Waals surface area contributed by atoms with E-state index in [1.165, 1.54) is 10.5 Å². The highest BCUT2D eigenvalue weighted by molar-refractivity contribution is 6.30. The normalized spacial score (nSPS) is 11.8. The minimum absolute atomic E-state index is 0.000392. The maximum atomic E-state index is 13.5. The number of esters is 1. The van der Waals surface area contributed by atoms with Crippen molar-refractivity contribution < 1.29 is 19.1 Å². The Morgan fingerprint density at radius 2 is 1.84 bits per heavy atom. The minimum atomic E-state index is -0.695. The first-order valence-corrected chi connectivity index (χ1v) is 12.4. The van der Waals surface area contributed by atoms with Crippen molar-refractivity contribution in [3.05, 3.63) is 86.2 Å². The van der Waals surface area contributed by atoms with Crippen LogP contribution in [0, 0.1) is 6.92 Å². The van der Waals surface area contributed by atoms with Crippen LogP contribution in [0.1, 0.15) is 46.5 Å². The topological polar surface area (TPSA) is 104 Å². The van der Waals surface area contributed by atoms with Gasteiger partial charge in [-0.1, -0.05) is 17.7 Å². The Bertz CT molecular complexity index is 1610. The van der Waals surface area contributed by atoms with Crippen molar-refractivity contribution in [3.8, 4) is 0 Å². The molecule has 0 bridgehead atoms. The molecule has 0 fully saturated rings. The third kappa shape index (κ3) is 5.47. The van der Waals surface area contributed by atoms with Gasteiger partial charge < -0.3 is 14.0 Å². The molecule has 37 heavy (non-hydrogen) atoms. The lowest BCUT2D eigenvalue weighted by Gasteiger charge is -2.15. The quantitative estimate of drug-likeness (QED) is 0.197. The molecule has 4 aromatic rings. The number of fused-ring (bicyclic) bond motifs is 2. The molecule has 192 valence electrons. The predicted molar refractivity (Wildman–Crippen MR) is 140 cm³/mol. The summed E-state index contributed by atoms with van der Waals surface area (Å²) in [6.45, 7) is 6.82. The molecule has 0 N–H and O–H groups in total. The number of nitrogens with zero attached hydrogens (tertiary/aromatic N) is 4. The van der Waals surface area contributed by atoms with Gasteiger partial charge in [-0.3, -0.25) is 14.0 Å². The van der Waals surface area contributed by atoms with Gasteiger partial charge in [0.1, 0.15) is 16.9 Å². The van der Waals surface area contributed by atoms with Crippen LogP contribution in [-0.2, 0) is 16.0 Å². The van der Waals surface area contributed by atoms with E-state index in [1.54, 1.807) is 48.0 Å². The van der Waals surface area contributed by atoms with Gasteiger partial charge in [0.15, 0.2) is 5.49 Å². The molecule has 1 aromatic carbocycles. The molecule has 3 aromatic heterocycles. The molecule has 0 saturated heterocycles. The number of hydrogen-bond acceptors (Lipinski definition) is 6. The second-order valence-corrected chi connectivity index (χ2v) is 8.70. The molecule has 0 aliphatic rings. The van der Waals surface area contributed by atoms with Crippen LogP contribution >= 0.6 is 11.6 Å². The summed E-state index contributed by atoms with van der Waals surface area (Å²) in [7, 11) is 0. The second kappa shape index (κ2) is 11.5. The maximum Gasteiger partial charge on any atom is 0.341 e. The summed E-state index contributed by atoms with van der Waals surface area (Å²) in [5.74, 6) is -1.27. The number of pyridine rings is 2. The number of aryl methyl sites for hydroxylation is 2. The lowest BCUT2D eigenvalue weighted by Crippen LogP contribution is -2.33. The molecular formula is C27H27ClN4O5. The summed E-state index contributed by atoms with van der Waals surface area (Å²) in [6.07, 6.45) is 2.16. The van der Waals surface area contributed by atoms with E-state index in [0.717, 1.165) is 5.56 Å². The highest BCUT2D eigenvalue weighted by Crippen LogP contribution is 2.15. The van der Waals surface area contributed by atoms with Gasteiger partial charge in [0, 0.05) is 36.5 Å². The molecule has 4 rings (SSSR count). The smallest absolute Gasteiger partial charge is 0.341 e. The van der Waals surface area contributed by atoms with Gasteiger partial charge in [-0.05, 0) is 69.2 Å². The second-order valence-electron chi connectivity index (χ2n) is 8.27. The number of carbonyl (C=O) groups excluding carboxylic acids is 2. The van der Waals surface area contributed by atoms with E-state index in [1.807, 2.05) is 19.9 Å². The van der Waals surface area contributed by atoms with Crippen LogP contribution in [0.2, 0.25) is 5.02 Å². The zero-order chi connectivity index (χ0) is 26.5. The van der Waals surface area contributed by atoms with Crippen LogP contribution in [-0.4, -0.2) is 45.6 Å². The van der Waals surface area contributed by atoms with E-state index in [9.17, 15) is 14.4 Å². The minimum Gasteiger partial charge on any atom is -0.462 e. The Morgan fingerprint density at radius 3 is 2.54 bits per heavy atom. The number of rotatable bonds is 8. The van der Waals surface area contributed by atoms with Crippen LogP contribution in [0.3, 0.4) is 0 Å². The van der Waals surface area contributed by atoms with Gasteiger partial charge in [-0.2, -0.15) is 4.99 Å². The number of halogens is 1. The lowest BCUT2D eigenvalue weighted by atomic mass is 10.2. The molecule has 3 heterocycles. The van der Waals surface area contributed by atoms with E-state index in [-0.39, 0.29) is 28.6 Å². The summed E-state index contributed by atoms with van der Waals surface area (Å²) in [5, 5.41) is 0.688. The number of amides is 1. The maximum absolute atomic E-state index is 13.5. The summed E-state index contributed by atoms with van der Waals surface area (Å²) < 4.78 is 13.8. The van der Waals surface area contributed by atoms with Crippen LogP contribution in [0.15, 0.2) is 58.4 Å². The molecule has 0 aliphatic carbocycles. The SMILES string of the molecule is CCOCCCn1c(=NC(=O)c2ccc(Cl)cc2)c(C(=O)OCC)cc2c(=O)n3cccc(C)c3nc21. The number of aromatic nitrogens is 3. The van der Waals surface area contributed by atoms with Gasteiger partial charge in [-0.15, -0.1) is 0 Å². The highest BCUT2D eigenvalue weighted by atomic mass is 35.5. The van der Waals surface area contributed by atoms with Crippen LogP contribution in [0.4, 0.5) is 0 Å². The first-order chi connectivity index (χ1) is 17.8. The Hall–Kier alpha value is -3.82. The van der Waals surface area contributed by atoms with Crippen molar-refractivity contribution in [2.75, 3.05) is 19.8 Å². The van der Waals surface area contributed by atoms with Crippen molar-refractivity contribution in [3.63, 3.8) is 0 Å². The van der Waals surface area contributed by atoms with E-state index in [2.05, 4.69) is 4.99 Å². The van der Waals surface area contributed by atoms with E-state index in [0.29, 0.717) is 48.1 Å². The van der Waals surface area contributed by atoms with Gasteiger partial charge in [0.05, 0.1) is 12.0 Å². The molecule has 0 aliphatic heterocycles. The van der Waals surface area contributed by atoms with Crippen molar-refractivity contribution in [2.45, 2.75) is 33.7 Å². The molecule has 1 amide bonds. The molecule has 0 saturated carbocycles. The van der Waals surface area contributed by atoms with Crippen molar-refractivity contribution in [1.82, 2.24) is 14.0 Å². The first kappa shape index (κ1) is 26.2. The fourth-order valence-corrected chi connectivity index (χ4v) is 4.13. The Balaban J connectivity index is 2.07. The fourth-order valence-electron chi connectivity index (χ4n) is 4.00. The third-order valence-electron chi connectivity index (χ3n) is 5.77. The average molecular weight is 523 g/mol.